The van der Waals surface area contributed by atoms with E-state index in [0.717, 1.165) is 23.3 Å². The first-order valence-electron chi connectivity index (χ1n) is 5.17. The molecule has 0 saturated heterocycles. The van der Waals surface area contributed by atoms with Crippen LogP contribution in [0.25, 0.3) is 0 Å². The summed E-state index contributed by atoms with van der Waals surface area (Å²) in [5.41, 5.74) is 1.61. The minimum Gasteiger partial charge on any atom is -0.380 e. The van der Waals surface area contributed by atoms with E-state index in [0.29, 0.717) is 12.2 Å². The second-order valence-electron chi connectivity index (χ2n) is 3.39. The lowest BCUT2D eigenvalue weighted by Crippen LogP contribution is -2.23. The summed E-state index contributed by atoms with van der Waals surface area (Å²) in [7, 11) is 1.96. The van der Waals surface area contributed by atoms with Crippen molar-refractivity contribution < 1.29 is 4.74 Å². The van der Waals surface area contributed by atoms with E-state index in [4.69, 9.17) is 10.00 Å². The van der Waals surface area contributed by atoms with Crippen LogP contribution in [-0.2, 0) is 4.74 Å². The Hall–Kier alpha value is -1.05. The van der Waals surface area contributed by atoms with Gasteiger partial charge in [0, 0.05) is 24.7 Å². The van der Waals surface area contributed by atoms with Crippen LogP contribution in [-0.4, -0.2) is 26.8 Å². The number of likely N-dealkylation sites (N-methyl/N-ethyl adjacent to an activating group) is 1. The Balaban J connectivity index is 2.75. The first-order valence-corrected chi connectivity index (χ1v) is 5.97. The van der Waals surface area contributed by atoms with Gasteiger partial charge < -0.3 is 9.64 Å². The van der Waals surface area contributed by atoms with Gasteiger partial charge in [-0.3, -0.25) is 0 Å². The third-order valence-electron chi connectivity index (χ3n) is 2.27. The summed E-state index contributed by atoms with van der Waals surface area (Å²) in [5.74, 6) is 0. The molecule has 0 N–H and O–H groups in total. The number of ether oxygens (including phenoxy) is 1. The molecule has 4 heteroatoms. The molecule has 0 heterocycles. The number of benzene rings is 1. The highest BCUT2D eigenvalue weighted by Gasteiger charge is 2.07. The lowest BCUT2D eigenvalue weighted by atomic mass is 10.2. The number of rotatable bonds is 5. The van der Waals surface area contributed by atoms with Crippen molar-refractivity contribution in [3.8, 4) is 6.07 Å². The standard InChI is InChI=1S/C12H15BrN2O/c1-3-16-7-6-15(2)12-5-4-11(13)8-10(12)9-14/h4-5,8H,3,6-7H2,1-2H3. The van der Waals surface area contributed by atoms with E-state index < -0.39 is 0 Å². The van der Waals surface area contributed by atoms with Crippen LogP contribution in [0.15, 0.2) is 22.7 Å². The van der Waals surface area contributed by atoms with Crippen molar-refractivity contribution >= 4 is 21.6 Å². The highest BCUT2D eigenvalue weighted by atomic mass is 79.9. The predicted molar refractivity (Wildman–Crippen MR) is 68.6 cm³/mol. The monoisotopic (exact) mass is 282 g/mol. The lowest BCUT2D eigenvalue weighted by Gasteiger charge is -2.20. The van der Waals surface area contributed by atoms with Gasteiger partial charge in [-0.2, -0.15) is 5.26 Å². The minimum absolute atomic E-state index is 0.674. The molecule has 0 aliphatic carbocycles. The highest BCUT2D eigenvalue weighted by molar-refractivity contribution is 9.10. The Labute approximate surface area is 105 Å². The summed E-state index contributed by atoms with van der Waals surface area (Å²) in [5, 5.41) is 9.03. The quantitative estimate of drug-likeness (QED) is 0.780. The second-order valence-corrected chi connectivity index (χ2v) is 4.31. The maximum atomic E-state index is 9.03. The van der Waals surface area contributed by atoms with Crippen LogP contribution in [0.3, 0.4) is 0 Å². The normalized spacial score (nSPS) is 9.88. The summed E-state index contributed by atoms with van der Waals surface area (Å²) in [4.78, 5) is 2.03. The maximum absolute atomic E-state index is 9.03. The van der Waals surface area contributed by atoms with Crippen molar-refractivity contribution in [2.75, 3.05) is 31.7 Å². The molecule has 0 aromatic heterocycles. The molecule has 0 aliphatic heterocycles. The molecule has 0 amide bonds. The van der Waals surface area contributed by atoms with Crippen molar-refractivity contribution in [2.45, 2.75) is 6.92 Å². The van der Waals surface area contributed by atoms with Gasteiger partial charge in [0.25, 0.3) is 0 Å². The Kier molecular flexibility index (Phi) is 5.30. The first-order chi connectivity index (χ1) is 7.69. The minimum atomic E-state index is 0.674. The number of hydrogen-bond donors (Lipinski definition) is 0. The largest absolute Gasteiger partial charge is 0.380 e. The van der Waals surface area contributed by atoms with Gasteiger partial charge in [-0.1, -0.05) is 15.9 Å². The van der Waals surface area contributed by atoms with Crippen LogP contribution in [0.4, 0.5) is 5.69 Å². The molecule has 1 rings (SSSR count). The predicted octanol–water partition coefficient (Wildman–Crippen LogP) is 2.79. The van der Waals surface area contributed by atoms with Gasteiger partial charge >= 0.3 is 0 Å². The van der Waals surface area contributed by atoms with E-state index in [-0.39, 0.29) is 0 Å². The number of halogens is 1. The average molecular weight is 283 g/mol. The molecule has 0 saturated carbocycles. The zero-order valence-electron chi connectivity index (χ0n) is 9.53. The lowest BCUT2D eigenvalue weighted by molar-refractivity contribution is 0.154. The van der Waals surface area contributed by atoms with Gasteiger partial charge in [0.2, 0.25) is 0 Å². The molecule has 0 bridgehead atoms. The smallest absolute Gasteiger partial charge is 0.101 e. The van der Waals surface area contributed by atoms with Crippen molar-refractivity contribution in [2.24, 2.45) is 0 Å². The summed E-state index contributed by atoms with van der Waals surface area (Å²) in [6, 6.07) is 7.90. The van der Waals surface area contributed by atoms with Crippen molar-refractivity contribution in [3.63, 3.8) is 0 Å². The number of nitriles is 1. The van der Waals surface area contributed by atoms with Crippen molar-refractivity contribution in [3.05, 3.63) is 28.2 Å². The Morgan fingerprint density at radius 3 is 2.88 bits per heavy atom. The molecule has 1 aromatic rings. The molecule has 0 spiro atoms. The number of hydrogen-bond acceptors (Lipinski definition) is 3. The third kappa shape index (κ3) is 3.51. The summed E-state index contributed by atoms with van der Waals surface area (Å²) >= 11 is 3.36. The van der Waals surface area contributed by atoms with E-state index in [1.807, 2.05) is 37.1 Å². The molecule has 3 nitrogen and oxygen atoms in total. The first kappa shape index (κ1) is 13.0. The van der Waals surface area contributed by atoms with E-state index in [1.54, 1.807) is 0 Å². The molecule has 0 atom stereocenters. The fourth-order valence-corrected chi connectivity index (χ4v) is 1.76. The van der Waals surface area contributed by atoms with Gasteiger partial charge in [-0.25, -0.2) is 0 Å². The van der Waals surface area contributed by atoms with Crippen molar-refractivity contribution in [1.29, 1.82) is 5.26 Å². The Morgan fingerprint density at radius 2 is 2.25 bits per heavy atom. The number of anilines is 1. The highest BCUT2D eigenvalue weighted by Crippen LogP contribution is 2.22. The van der Waals surface area contributed by atoms with Crippen LogP contribution < -0.4 is 4.90 Å². The molecule has 16 heavy (non-hydrogen) atoms. The molecule has 0 fully saturated rings. The zero-order valence-corrected chi connectivity index (χ0v) is 11.1. The molecule has 0 aliphatic rings. The van der Waals surface area contributed by atoms with Gasteiger partial charge in [0.1, 0.15) is 6.07 Å². The third-order valence-corrected chi connectivity index (χ3v) is 2.76. The summed E-state index contributed by atoms with van der Waals surface area (Å²) in [6.07, 6.45) is 0. The Morgan fingerprint density at radius 1 is 1.50 bits per heavy atom. The zero-order chi connectivity index (χ0) is 12.0. The van der Waals surface area contributed by atoms with Gasteiger partial charge in [-0.05, 0) is 25.1 Å². The van der Waals surface area contributed by atoms with Crippen LogP contribution >= 0.6 is 15.9 Å². The topological polar surface area (TPSA) is 36.3 Å². The van der Waals surface area contributed by atoms with E-state index in [9.17, 15) is 0 Å². The van der Waals surface area contributed by atoms with Crippen LogP contribution in [0.5, 0.6) is 0 Å². The molecular formula is C12H15BrN2O. The van der Waals surface area contributed by atoms with E-state index in [2.05, 4.69) is 22.0 Å². The van der Waals surface area contributed by atoms with E-state index in [1.165, 1.54) is 0 Å². The SMILES string of the molecule is CCOCCN(C)c1ccc(Br)cc1C#N. The molecule has 0 radical (unpaired) electrons. The summed E-state index contributed by atoms with van der Waals surface area (Å²) in [6.45, 7) is 4.15. The maximum Gasteiger partial charge on any atom is 0.101 e. The van der Waals surface area contributed by atoms with Crippen LogP contribution in [0.1, 0.15) is 12.5 Å². The second kappa shape index (κ2) is 6.51. The van der Waals surface area contributed by atoms with Gasteiger partial charge in [-0.15, -0.1) is 0 Å². The fourth-order valence-electron chi connectivity index (χ4n) is 1.40. The van der Waals surface area contributed by atoms with Crippen molar-refractivity contribution in [1.82, 2.24) is 0 Å². The molecule has 1 aromatic carbocycles. The Bertz CT molecular complexity index is 387. The molecular weight excluding hydrogens is 268 g/mol. The van der Waals surface area contributed by atoms with Crippen LogP contribution in [0.2, 0.25) is 0 Å². The number of nitrogens with zero attached hydrogens (tertiary/aromatic N) is 2. The summed E-state index contributed by atoms with van der Waals surface area (Å²) < 4.78 is 6.21. The molecule has 0 unspecified atom stereocenters. The average Bonchev–Trinajstić information content (AvgIpc) is 2.29. The van der Waals surface area contributed by atoms with Gasteiger partial charge in [0.05, 0.1) is 17.9 Å². The van der Waals surface area contributed by atoms with Crippen LogP contribution in [0, 0.1) is 11.3 Å². The molecule has 86 valence electrons. The van der Waals surface area contributed by atoms with Gasteiger partial charge in [0.15, 0.2) is 0 Å². The fraction of sp³-hybridized carbons (Fsp3) is 0.417. The van der Waals surface area contributed by atoms with E-state index >= 15 is 0 Å².